The summed E-state index contributed by atoms with van der Waals surface area (Å²) in [5, 5.41) is 10.5. The van der Waals surface area contributed by atoms with Crippen LogP contribution in [0.15, 0.2) is 89.1 Å². The second-order valence-corrected chi connectivity index (χ2v) is 11.6. The third-order valence-corrected chi connectivity index (χ3v) is 8.87. The minimum Gasteiger partial charge on any atom is -0.508 e. The van der Waals surface area contributed by atoms with Crippen molar-refractivity contribution >= 4 is 41.9 Å². The molecule has 0 fully saturated rings. The van der Waals surface area contributed by atoms with Crippen molar-refractivity contribution in [2.75, 3.05) is 0 Å². The van der Waals surface area contributed by atoms with E-state index in [2.05, 4.69) is 12.1 Å². The lowest BCUT2D eigenvalue weighted by atomic mass is 9.96. The Morgan fingerprint density at radius 1 is 0.805 bits per heavy atom. The number of phenolic OH excluding ortho intramolecular Hbond substituents is 1. The summed E-state index contributed by atoms with van der Waals surface area (Å²) < 4.78 is 31.6. The average molecular weight is 585 g/mol. The monoisotopic (exact) mass is 584 g/mol. The zero-order valence-electron chi connectivity index (χ0n) is 22.1. The van der Waals surface area contributed by atoms with Gasteiger partial charge in [0.1, 0.15) is 5.75 Å². The standard InChI is InChI=1S/C33H25BCl2F2N2O/c35-26-17-23(41)18-27(36)30(26)31(28-15-21-11-5-9-19-7-1-3-13-24(19)32(21)39-28)29-16-22-12-6-10-20-8-2-4-14-25(20)33(22)40(29)34(37)38/h1-4,7-8,13-18,41H,5-6,9-12H2/q-1/b31-28+. The third-order valence-electron chi connectivity index (χ3n) is 8.28. The van der Waals surface area contributed by atoms with Gasteiger partial charge in [0.15, 0.2) is 0 Å². The molecule has 0 saturated carbocycles. The number of aromatic hydroxyl groups is 1. The molecule has 205 valence electrons. The molecule has 3 aromatic carbocycles. The van der Waals surface area contributed by atoms with Gasteiger partial charge >= 0.3 is 7.40 Å². The molecular formula is C33H25BCl2F2N2O-. The van der Waals surface area contributed by atoms with E-state index in [4.69, 9.17) is 28.2 Å². The van der Waals surface area contributed by atoms with Crippen LogP contribution >= 0.6 is 23.2 Å². The summed E-state index contributed by atoms with van der Waals surface area (Å²) in [5.41, 5.74) is 9.07. The van der Waals surface area contributed by atoms with Crippen LogP contribution in [0.3, 0.4) is 0 Å². The van der Waals surface area contributed by atoms with Crippen molar-refractivity contribution in [3.8, 4) is 17.0 Å². The Hall–Kier alpha value is -3.61. The van der Waals surface area contributed by atoms with Gasteiger partial charge in [0, 0.05) is 28.1 Å². The minimum absolute atomic E-state index is 0.0998. The molecule has 1 radical (unpaired) electrons. The summed E-state index contributed by atoms with van der Waals surface area (Å²) in [6.45, 7) is 0. The summed E-state index contributed by atoms with van der Waals surface area (Å²) in [7, 11) is -2.82. The van der Waals surface area contributed by atoms with Crippen LogP contribution in [0.5, 0.6) is 5.75 Å². The van der Waals surface area contributed by atoms with Gasteiger partial charge in [0.2, 0.25) is 0 Å². The Morgan fingerprint density at radius 2 is 1.41 bits per heavy atom. The van der Waals surface area contributed by atoms with Gasteiger partial charge in [-0.25, -0.2) is 4.99 Å². The van der Waals surface area contributed by atoms with Crippen molar-refractivity contribution in [2.45, 2.75) is 38.5 Å². The van der Waals surface area contributed by atoms with Crippen LogP contribution in [0.25, 0.3) is 16.8 Å². The number of rotatable bonds is 3. The second kappa shape index (κ2) is 10.3. The fourth-order valence-corrected chi connectivity index (χ4v) is 7.20. The van der Waals surface area contributed by atoms with Crippen molar-refractivity contribution in [1.29, 1.82) is 0 Å². The first-order valence-electron chi connectivity index (χ1n) is 13.8. The van der Waals surface area contributed by atoms with Crippen molar-refractivity contribution < 1.29 is 13.7 Å². The first-order valence-corrected chi connectivity index (χ1v) is 14.6. The maximum Gasteiger partial charge on any atom is 0.341 e. The average Bonchev–Trinajstić information content (AvgIpc) is 3.42. The Balaban J connectivity index is 1.57. The van der Waals surface area contributed by atoms with Gasteiger partial charge in [0.05, 0.1) is 21.5 Å². The van der Waals surface area contributed by atoms with E-state index < -0.39 is 7.40 Å². The number of halogens is 4. The van der Waals surface area contributed by atoms with Gasteiger partial charge in [-0.1, -0.05) is 71.7 Å². The molecule has 0 amide bonds. The molecule has 0 bridgehead atoms. The van der Waals surface area contributed by atoms with Crippen molar-refractivity contribution in [2.24, 2.45) is 4.99 Å². The highest BCUT2D eigenvalue weighted by Gasteiger charge is 2.30. The predicted octanol–water partition coefficient (Wildman–Crippen LogP) is 8.95. The largest absolute Gasteiger partial charge is 0.508 e. The summed E-state index contributed by atoms with van der Waals surface area (Å²) in [5.74, 6) is -0.0998. The lowest BCUT2D eigenvalue weighted by Crippen LogP contribution is -2.18. The van der Waals surface area contributed by atoms with Crippen LogP contribution in [0.1, 0.15) is 52.8 Å². The summed E-state index contributed by atoms with van der Waals surface area (Å²) in [6.07, 6.45) is 7.07. The first kappa shape index (κ1) is 26.3. The van der Waals surface area contributed by atoms with E-state index in [9.17, 15) is 5.11 Å². The fraction of sp³-hybridized carbons (Fsp3) is 0.182. The van der Waals surface area contributed by atoms with Crippen LogP contribution in [0.4, 0.5) is 8.63 Å². The van der Waals surface area contributed by atoms with Crippen LogP contribution in [0, 0.1) is 0 Å². The van der Waals surface area contributed by atoms with Crippen LogP contribution in [-0.2, 0) is 19.3 Å². The molecule has 0 atom stereocenters. The molecule has 1 aromatic heterocycles. The van der Waals surface area contributed by atoms with Crippen LogP contribution < -0.4 is 0 Å². The molecule has 1 N–H and O–H groups in total. The highest BCUT2D eigenvalue weighted by atomic mass is 35.5. The maximum atomic E-state index is 15.2. The van der Waals surface area contributed by atoms with E-state index >= 15 is 8.63 Å². The zero-order valence-corrected chi connectivity index (χ0v) is 23.6. The second-order valence-electron chi connectivity index (χ2n) is 10.7. The normalized spacial score (nSPS) is 17.1. The number of aryl methyl sites for hydroxylation is 3. The van der Waals surface area contributed by atoms with Gasteiger partial charge in [-0.05, 0) is 90.6 Å². The number of hydrogen-bond donors (Lipinski definition) is 1. The SMILES string of the molecule is Oc1cc(Cl)c(/C(=C2\C=C3CCCc4ccccc4C3=N2)c2cc3c(n2[B-](F)F)-c2ccccc2CCC3)c(Cl)c1. The van der Waals surface area contributed by atoms with Crippen LogP contribution in [-0.4, -0.2) is 22.7 Å². The van der Waals surface area contributed by atoms with Gasteiger partial charge < -0.3 is 18.2 Å². The smallest absolute Gasteiger partial charge is 0.341 e. The molecule has 2 aliphatic carbocycles. The molecule has 0 unspecified atom stereocenters. The summed E-state index contributed by atoms with van der Waals surface area (Å²) in [4.78, 5) is 5.10. The van der Waals surface area contributed by atoms with E-state index in [-0.39, 0.29) is 15.8 Å². The topological polar surface area (TPSA) is 37.5 Å². The third kappa shape index (κ3) is 4.45. The Morgan fingerprint density at radius 3 is 2.12 bits per heavy atom. The molecular weight excluding hydrogens is 560 g/mol. The number of allylic oxidation sites excluding steroid dienone is 2. The van der Waals surface area contributed by atoms with Crippen molar-refractivity contribution in [1.82, 2.24) is 4.48 Å². The molecule has 1 aliphatic heterocycles. The number of aromatic nitrogens is 1. The molecule has 3 nitrogen and oxygen atoms in total. The lowest BCUT2D eigenvalue weighted by molar-refractivity contribution is 0.475. The van der Waals surface area contributed by atoms with Gasteiger partial charge in [-0.2, -0.15) is 0 Å². The summed E-state index contributed by atoms with van der Waals surface area (Å²) >= 11 is 13.5. The number of benzene rings is 3. The summed E-state index contributed by atoms with van der Waals surface area (Å²) in [6, 6.07) is 20.6. The van der Waals surface area contributed by atoms with Gasteiger partial charge in [-0.15, -0.1) is 0 Å². The molecule has 41 heavy (non-hydrogen) atoms. The number of fused-ring (bicyclic) bond motifs is 6. The highest BCUT2D eigenvalue weighted by Crippen LogP contribution is 2.46. The van der Waals surface area contributed by atoms with Gasteiger partial charge in [0.25, 0.3) is 0 Å². The van der Waals surface area contributed by atoms with E-state index in [0.717, 1.165) is 70.1 Å². The molecule has 0 saturated heterocycles. The molecule has 4 aromatic rings. The van der Waals surface area contributed by atoms with E-state index in [1.807, 2.05) is 48.5 Å². The predicted molar refractivity (Wildman–Crippen MR) is 163 cm³/mol. The lowest BCUT2D eigenvalue weighted by Gasteiger charge is -2.25. The number of aliphatic imine (C=N–C) groups is 1. The maximum absolute atomic E-state index is 15.2. The van der Waals surface area contributed by atoms with Crippen molar-refractivity contribution in [3.05, 3.63) is 128 Å². The molecule has 8 heteroatoms. The molecule has 7 rings (SSSR count). The Labute approximate surface area is 247 Å². The minimum atomic E-state index is -2.82. The molecule has 2 heterocycles. The molecule has 3 aliphatic rings. The first-order chi connectivity index (χ1) is 19.9. The number of nitrogens with zero attached hydrogens (tertiary/aromatic N) is 2. The van der Waals surface area contributed by atoms with Crippen LogP contribution in [0.2, 0.25) is 10.0 Å². The molecule has 0 spiro atoms. The van der Waals surface area contributed by atoms with E-state index in [1.54, 1.807) is 0 Å². The van der Waals surface area contributed by atoms with Gasteiger partial charge in [-0.3, -0.25) is 0 Å². The highest BCUT2D eigenvalue weighted by molar-refractivity contribution is 6.43. The zero-order chi connectivity index (χ0) is 28.2. The van der Waals surface area contributed by atoms with E-state index in [0.29, 0.717) is 34.6 Å². The number of phenols is 1. The number of hydrogen-bond acceptors (Lipinski definition) is 2. The Bertz CT molecular complexity index is 1800. The Kier molecular flexibility index (Phi) is 6.64. The van der Waals surface area contributed by atoms with Crippen molar-refractivity contribution in [3.63, 3.8) is 0 Å². The quantitative estimate of drug-likeness (QED) is 0.240. The fourth-order valence-electron chi connectivity index (χ4n) is 6.54. The van der Waals surface area contributed by atoms with E-state index in [1.165, 1.54) is 17.7 Å².